The topological polar surface area (TPSA) is 41.6 Å². The molecule has 1 fully saturated rings. The molecule has 7 heteroatoms. The summed E-state index contributed by atoms with van der Waals surface area (Å²) in [6.45, 7) is 0.636. The first-order chi connectivity index (χ1) is 7.14. The van der Waals surface area contributed by atoms with Gasteiger partial charge in [0.05, 0.1) is 6.61 Å². The number of hydrogen-bond acceptors (Lipinski definition) is 2. The van der Waals surface area contributed by atoms with Crippen LogP contribution in [-0.4, -0.2) is 42.6 Å². The molecular formula is C7H15Cl2N2O2P. The molecule has 1 saturated heterocycles. The van der Waals surface area contributed by atoms with Crippen molar-refractivity contribution in [2.45, 2.75) is 6.42 Å². The number of hydrogen-bond donors (Lipinski definition) is 1. The Bertz CT molecular complexity index is 237. The molecule has 1 N–H and O–H groups in total. The van der Waals surface area contributed by atoms with Gasteiger partial charge in [0.25, 0.3) is 0 Å². The average Bonchev–Trinajstić information content (AvgIpc) is 2.25. The molecule has 14 heavy (non-hydrogen) atoms. The number of nitrogens with zero attached hydrogens (tertiary/aromatic N) is 1. The second-order valence-electron chi connectivity index (χ2n) is 2.80. The molecule has 2 unspecified atom stereocenters. The fourth-order valence-corrected chi connectivity index (χ4v) is 3.65. The van der Waals surface area contributed by atoms with Gasteiger partial charge in [-0.05, 0) is 6.42 Å². The van der Waals surface area contributed by atoms with E-state index in [1.54, 1.807) is 0 Å². The molecule has 0 aromatic rings. The van der Waals surface area contributed by atoms with E-state index in [0.717, 1.165) is 6.42 Å². The molecular weight excluding hydrogens is 246 g/mol. The van der Waals surface area contributed by atoms with Gasteiger partial charge in [-0.3, -0.25) is 4.57 Å². The molecule has 84 valence electrons. The largest absolute Gasteiger partial charge is 0.343 e. The lowest BCUT2D eigenvalue weighted by Gasteiger charge is -2.33. The van der Waals surface area contributed by atoms with Crippen molar-refractivity contribution in [3.05, 3.63) is 0 Å². The SMILES string of the molecule is [3H]C(CCl)N(CCCl)P1(=O)NCCCO1. The molecule has 0 saturated carbocycles. The van der Waals surface area contributed by atoms with Gasteiger partial charge in [-0.1, -0.05) is 0 Å². The lowest BCUT2D eigenvalue weighted by atomic mass is 10.5. The second-order valence-corrected chi connectivity index (χ2v) is 5.62. The van der Waals surface area contributed by atoms with Crippen LogP contribution in [0.1, 0.15) is 7.79 Å². The van der Waals surface area contributed by atoms with Crippen molar-refractivity contribution in [2.75, 3.05) is 38.0 Å². The highest BCUT2D eigenvalue weighted by molar-refractivity contribution is 7.54. The number of halogens is 2. The first-order valence-corrected chi connectivity index (χ1v) is 7.09. The van der Waals surface area contributed by atoms with Crippen LogP contribution in [0.25, 0.3) is 0 Å². The minimum absolute atomic E-state index is 0.0753. The summed E-state index contributed by atoms with van der Waals surface area (Å²) < 4.78 is 26.6. The maximum atomic E-state index is 12.3. The van der Waals surface area contributed by atoms with Crippen molar-refractivity contribution >= 4 is 30.9 Å². The predicted octanol–water partition coefficient (Wildman–Crippen LogP) is 1.88. The van der Waals surface area contributed by atoms with Crippen LogP contribution in [0.2, 0.25) is 0 Å². The van der Waals surface area contributed by atoms with E-state index in [0.29, 0.717) is 25.6 Å². The van der Waals surface area contributed by atoms with E-state index in [1.165, 1.54) is 4.67 Å². The summed E-state index contributed by atoms with van der Waals surface area (Å²) in [4.78, 5) is 0. The van der Waals surface area contributed by atoms with E-state index >= 15 is 0 Å². The summed E-state index contributed by atoms with van der Waals surface area (Å²) in [6, 6.07) is 0. The summed E-state index contributed by atoms with van der Waals surface area (Å²) in [7, 11) is -3.09. The van der Waals surface area contributed by atoms with Gasteiger partial charge >= 0.3 is 7.67 Å². The van der Waals surface area contributed by atoms with Crippen LogP contribution in [0.15, 0.2) is 0 Å². The Labute approximate surface area is 95.8 Å². The van der Waals surface area contributed by atoms with E-state index in [1.807, 2.05) is 0 Å². The first-order valence-electron chi connectivity index (χ1n) is 5.03. The Kier molecular flexibility index (Phi) is 5.04. The Morgan fingerprint density at radius 3 is 2.86 bits per heavy atom. The highest BCUT2D eigenvalue weighted by Crippen LogP contribution is 2.47. The Morgan fingerprint density at radius 2 is 2.36 bits per heavy atom. The third-order valence-corrected chi connectivity index (χ3v) is 4.33. The van der Waals surface area contributed by atoms with E-state index in [2.05, 4.69) is 5.09 Å². The van der Waals surface area contributed by atoms with Crippen LogP contribution in [0.3, 0.4) is 0 Å². The van der Waals surface area contributed by atoms with E-state index < -0.39 is 14.2 Å². The van der Waals surface area contributed by atoms with Gasteiger partial charge in [-0.25, -0.2) is 9.76 Å². The first kappa shape index (κ1) is 11.2. The minimum Gasteiger partial charge on any atom is -0.306 e. The monoisotopic (exact) mass is 262 g/mol. The van der Waals surface area contributed by atoms with E-state index in [9.17, 15) is 4.57 Å². The Morgan fingerprint density at radius 1 is 1.57 bits per heavy atom. The van der Waals surface area contributed by atoms with Gasteiger partial charge in [0.1, 0.15) is 0 Å². The molecule has 1 rings (SSSR count). The number of rotatable bonds is 5. The van der Waals surface area contributed by atoms with Crippen molar-refractivity contribution < 1.29 is 10.5 Å². The van der Waals surface area contributed by atoms with Crippen LogP contribution >= 0.6 is 30.9 Å². The molecule has 0 aromatic carbocycles. The molecule has 1 aliphatic rings. The fraction of sp³-hybridized carbons (Fsp3) is 1.00. The molecule has 0 radical (unpaired) electrons. The molecule has 0 aliphatic carbocycles. The third kappa shape index (κ3) is 3.37. The Hall–Kier alpha value is 0.690. The van der Waals surface area contributed by atoms with Crippen LogP contribution in [-0.2, 0) is 9.09 Å². The molecule has 4 nitrogen and oxygen atoms in total. The molecule has 1 aliphatic heterocycles. The molecule has 0 bridgehead atoms. The van der Waals surface area contributed by atoms with Crippen LogP contribution in [0.4, 0.5) is 0 Å². The van der Waals surface area contributed by atoms with Crippen molar-refractivity contribution in [1.82, 2.24) is 9.76 Å². The van der Waals surface area contributed by atoms with Crippen molar-refractivity contribution in [1.29, 1.82) is 0 Å². The van der Waals surface area contributed by atoms with Crippen molar-refractivity contribution in [3.63, 3.8) is 0 Å². The summed E-state index contributed by atoms with van der Waals surface area (Å²) in [6.07, 6.45) is 0.822. The van der Waals surface area contributed by atoms with Gasteiger partial charge in [-0.2, -0.15) is 0 Å². The number of nitrogens with one attached hydrogen (secondary N) is 1. The lowest BCUT2D eigenvalue weighted by molar-refractivity contribution is 0.233. The van der Waals surface area contributed by atoms with Gasteiger partial charge in [0.2, 0.25) is 0 Å². The highest BCUT2D eigenvalue weighted by Gasteiger charge is 2.32. The zero-order valence-corrected chi connectivity index (χ0v) is 10.2. The highest BCUT2D eigenvalue weighted by atomic mass is 35.5. The standard InChI is InChI=1S/C7H15Cl2N2O2P/c8-2-5-11(6-3-9)14(12)10-4-1-7-13-14/h1-7H2,(H,10,12)/i5T. The normalized spacial score (nSPS) is 31.5. The Balaban J connectivity index is 2.72. The van der Waals surface area contributed by atoms with E-state index in [-0.39, 0.29) is 5.88 Å². The molecule has 0 spiro atoms. The maximum absolute atomic E-state index is 12.3. The fourth-order valence-electron chi connectivity index (χ4n) is 1.19. The summed E-state index contributed by atoms with van der Waals surface area (Å²) >= 11 is 11.2. The van der Waals surface area contributed by atoms with Gasteiger partial charge < -0.3 is 4.52 Å². The molecule has 0 amide bonds. The number of alkyl halides is 2. The smallest absolute Gasteiger partial charge is 0.306 e. The third-order valence-electron chi connectivity index (χ3n) is 1.83. The van der Waals surface area contributed by atoms with Crippen molar-refractivity contribution in [3.8, 4) is 0 Å². The summed E-state index contributed by atoms with van der Waals surface area (Å²) in [5.74, 6) is 0.368. The quantitative estimate of drug-likeness (QED) is 0.607. The van der Waals surface area contributed by atoms with Crippen LogP contribution in [0.5, 0.6) is 0 Å². The summed E-state index contributed by atoms with van der Waals surface area (Å²) in [5, 5.41) is 2.82. The van der Waals surface area contributed by atoms with E-state index in [4.69, 9.17) is 29.1 Å². The zero-order valence-electron chi connectivity index (χ0n) is 8.79. The maximum Gasteiger partial charge on any atom is 0.343 e. The van der Waals surface area contributed by atoms with Crippen molar-refractivity contribution in [2.24, 2.45) is 0 Å². The minimum atomic E-state index is -3.09. The summed E-state index contributed by atoms with van der Waals surface area (Å²) in [5.41, 5.74) is 0. The van der Waals surface area contributed by atoms with Gasteiger partial charge in [-0.15, -0.1) is 23.2 Å². The molecule has 0 aromatic heterocycles. The predicted molar refractivity (Wildman–Crippen MR) is 59.2 cm³/mol. The van der Waals surface area contributed by atoms with Crippen LogP contribution in [0, 0.1) is 0 Å². The average molecular weight is 263 g/mol. The lowest BCUT2D eigenvalue weighted by Crippen LogP contribution is -2.35. The zero-order chi connectivity index (χ0) is 11.3. The van der Waals surface area contributed by atoms with Crippen LogP contribution < -0.4 is 5.09 Å². The second kappa shape index (κ2) is 6.31. The van der Waals surface area contributed by atoms with Gasteiger partial charge in [0, 0.05) is 32.7 Å². The molecule has 1 heterocycles. The van der Waals surface area contributed by atoms with Gasteiger partial charge in [0.15, 0.2) is 0 Å². The molecule has 2 atom stereocenters.